The Hall–Kier alpha value is -0.530. The van der Waals surface area contributed by atoms with Gasteiger partial charge < -0.3 is 5.73 Å². The van der Waals surface area contributed by atoms with Gasteiger partial charge in [0.25, 0.3) is 0 Å². The zero-order valence-electron chi connectivity index (χ0n) is 8.95. The molecule has 1 aromatic rings. The predicted molar refractivity (Wildman–Crippen MR) is 65.1 cm³/mol. The van der Waals surface area contributed by atoms with Crippen LogP contribution in [0.5, 0.6) is 0 Å². The highest BCUT2D eigenvalue weighted by atomic mass is 35.5. The molecular weight excluding hydrogens is 206 g/mol. The standard InChI is InChI=1S/C13H18ClN/c14-12-3-1-2-11(8-12)9-13(15)7-6-10-4-5-10/h1-3,8,10,13H,4-7,9,15H2. The van der Waals surface area contributed by atoms with Gasteiger partial charge in [-0.2, -0.15) is 0 Å². The molecule has 0 radical (unpaired) electrons. The van der Waals surface area contributed by atoms with Crippen LogP contribution in [0.2, 0.25) is 5.02 Å². The van der Waals surface area contributed by atoms with Crippen molar-refractivity contribution in [3.63, 3.8) is 0 Å². The first kappa shape index (κ1) is 11.0. The summed E-state index contributed by atoms with van der Waals surface area (Å²) < 4.78 is 0. The highest BCUT2D eigenvalue weighted by Gasteiger charge is 2.21. The minimum atomic E-state index is 0.295. The third-order valence-corrected chi connectivity index (χ3v) is 3.26. The molecule has 15 heavy (non-hydrogen) atoms. The van der Waals surface area contributed by atoms with E-state index in [1.165, 1.54) is 24.8 Å². The van der Waals surface area contributed by atoms with Crippen molar-refractivity contribution in [2.24, 2.45) is 11.7 Å². The second kappa shape index (κ2) is 5.00. The summed E-state index contributed by atoms with van der Waals surface area (Å²) in [5, 5.41) is 0.807. The molecule has 1 aliphatic carbocycles. The summed E-state index contributed by atoms with van der Waals surface area (Å²) >= 11 is 5.92. The van der Waals surface area contributed by atoms with Gasteiger partial charge in [0.05, 0.1) is 0 Å². The Morgan fingerprint density at radius 2 is 2.20 bits per heavy atom. The molecule has 1 nitrogen and oxygen atoms in total. The molecule has 2 N–H and O–H groups in total. The highest BCUT2D eigenvalue weighted by Crippen LogP contribution is 2.33. The van der Waals surface area contributed by atoms with Crippen molar-refractivity contribution in [2.75, 3.05) is 0 Å². The number of benzene rings is 1. The van der Waals surface area contributed by atoms with Gasteiger partial charge >= 0.3 is 0 Å². The molecule has 0 bridgehead atoms. The van der Waals surface area contributed by atoms with E-state index in [1.54, 1.807) is 0 Å². The van der Waals surface area contributed by atoms with Gasteiger partial charge in [0.2, 0.25) is 0 Å². The smallest absolute Gasteiger partial charge is 0.0408 e. The Kier molecular flexibility index (Phi) is 3.66. The number of hydrogen-bond donors (Lipinski definition) is 1. The number of halogens is 1. The van der Waals surface area contributed by atoms with Crippen LogP contribution in [-0.2, 0) is 6.42 Å². The Bertz CT molecular complexity index is 320. The first-order chi connectivity index (χ1) is 7.24. The summed E-state index contributed by atoms with van der Waals surface area (Å²) in [6.07, 6.45) is 6.25. The molecule has 0 aromatic heterocycles. The van der Waals surface area contributed by atoms with Gasteiger partial charge in [-0.25, -0.2) is 0 Å². The van der Waals surface area contributed by atoms with E-state index in [-0.39, 0.29) is 0 Å². The van der Waals surface area contributed by atoms with Crippen LogP contribution in [0.25, 0.3) is 0 Å². The average molecular weight is 224 g/mol. The van der Waals surface area contributed by atoms with Crippen molar-refractivity contribution in [2.45, 2.75) is 38.1 Å². The van der Waals surface area contributed by atoms with Gasteiger partial charge in [-0.3, -0.25) is 0 Å². The van der Waals surface area contributed by atoms with Gasteiger partial charge in [0.1, 0.15) is 0 Å². The Morgan fingerprint density at radius 1 is 1.40 bits per heavy atom. The van der Waals surface area contributed by atoms with Crippen LogP contribution in [0.4, 0.5) is 0 Å². The zero-order valence-corrected chi connectivity index (χ0v) is 9.71. The molecule has 1 saturated carbocycles. The van der Waals surface area contributed by atoms with E-state index in [1.807, 2.05) is 18.2 Å². The van der Waals surface area contributed by atoms with Crippen LogP contribution in [0.1, 0.15) is 31.2 Å². The van der Waals surface area contributed by atoms with Crippen molar-refractivity contribution < 1.29 is 0 Å². The summed E-state index contributed by atoms with van der Waals surface area (Å²) in [6, 6.07) is 8.30. The van der Waals surface area contributed by atoms with Crippen molar-refractivity contribution in [3.05, 3.63) is 34.9 Å². The predicted octanol–water partition coefficient (Wildman–Crippen LogP) is 3.40. The largest absolute Gasteiger partial charge is 0.327 e. The van der Waals surface area contributed by atoms with Crippen LogP contribution in [0, 0.1) is 5.92 Å². The lowest BCUT2D eigenvalue weighted by molar-refractivity contribution is 0.551. The van der Waals surface area contributed by atoms with Crippen LogP contribution in [0.15, 0.2) is 24.3 Å². The first-order valence-corrected chi connectivity index (χ1v) is 6.12. The molecule has 82 valence electrons. The van der Waals surface area contributed by atoms with Crippen LogP contribution < -0.4 is 5.73 Å². The van der Waals surface area contributed by atoms with E-state index in [4.69, 9.17) is 17.3 Å². The third-order valence-electron chi connectivity index (χ3n) is 3.03. The topological polar surface area (TPSA) is 26.0 Å². The molecule has 2 heteroatoms. The molecule has 2 rings (SSSR count). The lowest BCUT2D eigenvalue weighted by atomic mass is 10.0. The molecule has 0 amide bonds. The average Bonchev–Trinajstić information content (AvgIpc) is 2.98. The monoisotopic (exact) mass is 223 g/mol. The van der Waals surface area contributed by atoms with Crippen molar-refractivity contribution >= 4 is 11.6 Å². The van der Waals surface area contributed by atoms with Gasteiger partial charge in [0.15, 0.2) is 0 Å². The van der Waals surface area contributed by atoms with Gasteiger partial charge in [0, 0.05) is 11.1 Å². The number of hydrogen-bond acceptors (Lipinski definition) is 1. The molecule has 1 aromatic carbocycles. The zero-order chi connectivity index (χ0) is 10.7. The molecule has 1 unspecified atom stereocenters. The SMILES string of the molecule is NC(CCC1CC1)Cc1cccc(Cl)c1. The fraction of sp³-hybridized carbons (Fsp3) is 0.538. The number of nitrogens with two attached hydrogens (primary N) is 1. The normalized spacial score (nSPS) is 17.7. The van der Waals surface area contributed by atoms with Gasteiger partial charge in [-0.05, 0) is 42.9 Å². The summed E-state index contributed by atoms with van der Waals surface area (Å²) in [7, 11) is 0. The Balaban J connectivity index is 1.79. The number of rotatable bonds is 5. The summed E-state index contributed by atoms with van der Waals surface area (Å²) in [4.78, 5) is 0. The molecule has 1 fully saturated rings. The summed E-state index contributed by atoms with van der Waals surface area (Å²) in [5.74, 6) is 0.982. The maximum Gasteiger partial charge on any atom is 0.0408 e. The highest BCUT2D eigenvalue weighted by molar-refractivity contribution is 6.30. The van der Waals surface area contributed by atoms with E-state index in [0.717, 1.165) is 23.8 Å². The van der Waals surface area contributed by atoms with Crippen LogP contribution in [-0.4, -0.2) is 6.04 Å². The van der Waals surface area contributed by atoms with E-state index in [9.17, 15) is 0 Å². The van der Waals surface area contributed by atoms with Gasteiger partial charge in [-0.1, -0.05) is 36.6 Å². The first-order valence-electron chi connectivity index (χ1n) is 5.74. The van der Waals surface area contributed by atoms with E-state index in [2.05, 4.69) is 6.07 Å². The molecule has 0 spiro atoms. The van der Waals surface area contributed by atoms with E-state index >= 15 is 0 Å². The molecule has 0 heterocycles. The van der Waals surface area contributed by atoms with E-state index < -0.39 is 0 Å². The van der Waals surface area contributed by atoms with Gasteiger partial charge in [-0.15, -0.1) is 0 Å². The second-order valence-electron chi connectivity index (χ2n) is 4.61. The van der Waals surface area contributed by atoms with Crippen molar-refractivity contribution in [1.29, 1.82) is 0 Å². The Morgan fingerprint density at radius 3 is 2.87 bits per heavy atom. The van der Waals surface area contributed by atoms with Crippen molar-refractivity contribution in [3.8, 4) is 0 Å². The third kappa shape index (κ3) is 3.84. The van der Waals surface area contributed by atoms with Crippen LogP contribution in [0.3, 0.4) is 0 Å². The fourth-order valence-corrected chi connectivity index (χ4v) is 2.14. The van der Waals surface area contributed by atoms with Crippen molar-refractivity contribution in [1.82, 2.24) is 0 Å². The quantitative estimate of drug-likeness (QED) is 0.814. The van der Waals surface area contributed by atoms with Crippen LogP contribution >= 0.6 is 11.6 Å². The maximum absolute atomic E-state index is 6.09. The molecule has 1 aliphatic rings. The maximum atomic E-state index is 6.09. The molecular formula is C13H18ClN. The molecule has 0 aliphatic heterocycles. The lowest BCUT2D eigenvalue weighted by Crippen LogP contribution is -2.22. The second-order valence-corrected chi connectivity index (χ2v) is 5.05. The lowest BCUT2D eigenvalue weighted by Gasteiger charge is -2.11. The minimum Gasteiger partial charge on any atom is -0.327 e. The summed E-state index contributed by atoms with van der Waals surface area (Å²) in [6.45, 7) is 0. The minimum absolute atomic E-state index is 0.295. The fourth-order valence-electron chi connectivity index (χ4n) is 1.93. The molecule has 1 atom stereocenters. The molecule has 0 saturated heterocycles. The summed E-state index contributed by atoms with van der Waals surface area (Å²) in [5.41, 5.74) is 7.34. The van der Waals surface area contributed by atoms with E-state index in [0.29, 0.717) is 6.04 Å². The Labute approximate surface area is 96.6 Å².